The number of halogens is 1. The van der Waals surface area contributed by atoms with E-state index >= 15 is 0 Å². The molecule has 6 heteroatoms. The van der Waals surface area contributed by atoms with Crippen LogP contribution < -0.4 is 5.32 Å². The lowest BCUT2D eigenvalue weighted by molar-refractivity contribution is 0.176. The van der Waals surface area contributed by atoms with Crippen molar-refractivity contribution < 1.29 is 4.74 Å². The third-order valence-corrected chi connectivity index (χ3v) is 3.98. The van der Waals surface area contributed by atoms with Crippen molar-refractivity contribution in [2.24, 2.45) is 11.8 Å². The number of anilines is 1. The van der Waals surface area contributed by atoms with Crippen LogP contribution in [0.1, 0.15) is 13.8 Å². The van der Waals surface area contributed by atoms with Gasteiger partial charge in [0.1, 0.15) is 0 Å². The van der Waals surface area contributed by atoms with E-state index in [4.69, 9.17) is 4.74 Å². The third kappa shape index (κ3) is 2.68. The molecule has 15 heavy (non-hydrogen) atoms. The molecule has 0 aliphatic carbocycles. The molecule has 1 aromatic rings. The molecule has 2 unspecified atom stereocenters. The summed E-state index contributed by atoms with van der Waals surface area (Å²) in [6.07, 6.45) is 0. The van der Waals surface area contributed by atoms with Crippen molar-refractivity contribution in [2.75, 3.05) is 18.5 Å². The van der Waals surface area contributed by atoms with Gasteiger partial charge in [-0.2, -0.15) is 0 Å². The maximum absolute atomic E-state index is 5.49. The van der Waals surface area contributed by atoms with Gasteiger partial charge < -0.3 is 10.1 Å². The van der Waals surface area contributed by atoms with Crippen LogP contribution in [0.3, 0.4) is 0 Å². The maximum atomic E-state index is 5.49. The van der Waals surface area contributed by atoms with E-state index in [2.05, 4.69) is 45.3 Å². The van der Waals surface area contributed by atoms with Gasteiger partial charge in [-0.15, -0.1) is 10.2 Å². The Morgan fingerprint density at radius 1 is 1.47 bits per heavy atom. The van der Waals surface area contributed by atoms with Crippen molar-refractivity contribution in [3.05, 3.63) is 3.92 Å². The summed E-state index contributed by atoms with van der Waals surface area (Å²) < 4.78 is 6.30. The van der Waals surface area contributed by atoms with Crippen LogP contribution in [0.2, 0.25) is 0 Å². The summed E-state index contributed by atoms with van der Waals surface area (Å²) in [5, 5.41) is 12.2. The van der Waals surface area contributed by atoms with Crippen LogP contribution >= 0.6 is 27.3 Å². The zero-order chi connectivity index (χ0) is 10.8. The van der Waals surface area contributed by atoms with Crippen molar-refractivity contribution in [3.8, 4) is 0 Å². The van der Waals surface area contributed by atoms with E-state index in [0.717, 1.165) is 22.3 Å². The molecule has 1 aliphatic heterocycles. The van der Waals surface area contributed by atoms with Gasteiger partial charge in [0, 0.05) is 5.92 Å². The molecule has 2 rings (SSSR count). The molecule has 0 spiro atoms. The monoisotopic (exact) mass is 291 g/mol. The molecule has 2 atom stereocenters. The Bertz CT molecular complexity index is 331. The standard InChI is InChI=1S/C9H14BrN3OS/c1-5(2)6-3-14-4-7(6)11-9-13-12-8(10)15-9/h5-7H,3-4H2,1-2H3,(H,11,13). The summed E-state index contributed by atoms with van der Waals surface area (Å²) >= 11 is 4.82. The number of hydrogen-bond acceptors (Lipinski definition) is 5. The Kier molecular flexibility index (Phi) is 3.58. The van der Waals surface area contributed by atoms with E-state index in [1.807, 2.05) is 0 Å². The minimum absolute atomic E-state index is 0.366. The van der Waals surface area contributed by atoms with Gasteiger partial charge >= 0.3 is 0 Å². The zero-order valence-electron chi connectivity index (χ0n) is 8.74. The molecule has 1 saturated heterocycles. The highest BCUT2D eigenvalue weighted by molar-refractivity contribution is 9.11. The van der Waals surface area contributed by atoms with Gasteiger partial charge in [-0.3, -0.25) is 0 Å². The van der Waals surface area contributed by atoms with Gasteiger partial charge in [-0.1, -0.05) is 25.2 Å². The van der Waals surface area contributed by atoms with Gasteiger partial charge in [0.05, 0.1) is 19.3 Å². The summed E-state index contributed by atoms with van der Waals surface area (Å²) in [6.45, 7) is 6.06. The van der Waals surface area contributed by atoms with Crippen LogP contribution in [0.25, 0.3) is 0 Å². The van der Waals surface area contributed by atoms with E-state index in [0.29, 0.717) is 17.9 Å². The Balaban J connectivity index is 1.99. The summed E-state index contributed by atoms with van der Waals surface area (Å²) in [6, 6.07) is 0.366. The molecule has 84 valence electrons. The first-order valence-corrected chi connectivity index (χ1v) is 6.61. The van der Waals surface area contributed by atoms with Crippen molar-refractivity contribution >= 4 is 32.4 Å². The molecule has 0 amide bonds. The molecule has 0 aromatic carbocycles. The Hall–Kier alpha value is -0.200. The maximum Gasteiger partial charge on any atom is 0.206 e. The van der Waals surface area contributed by atoms with Crippen LogP contribution in [0.5, 0.6) is 0 Å². The molecule has 1 aliphatic rings. The van der Waals surface area contributed by atoms with Gasteiger partial charge in [0.15, 0.2) is 3.92 Å². The van der Waals surface area contributed by atoms with Crippen LogP contribution in [-0.4, -0.2) is 29.5 Å². The van der Waals surface area contributed by atoms with Crippen molar-refractivity contribution in [2.45, 2.75) is 19.9 Å². The second-order valence-corrected chi connectivity index (χ2v) is 6.31. The molecule has 0 radical (unpaired) electrons. The highest BCUT2D eigenvalue weighted by atomic mass is 79.9. The molecule has 0 bridgehead atoms. The fourth-order valence-electron chi connectivity index (χ4n) is 1.80. The average molecular weight is 292 g/mol. The quantitative estimate of drug-likeness (QED) is 0.929. The molecule has 4 nitrogen and oxygen atoms in total. The number of ether oxygens (including phenoxy) is 1. The normalized spacial score (nSPS) is 26.1. The Morgan fingerprint density at radius 3 is 2.87 bits per heavy atom. The first-order chi connectivity index (χ1) is 7.16. The predicted molar refractivity (Wildman–Crippen MR) is 64.2 cm³/mol. The molecule has 2 heterocycles. The number of hydrogen-bond donors (Lipinski definition) is 1. The Labute approximate surface area is 102 Å². The summed E-state index contributed by atoms with van der Waals surface area (Å²) in [5.74, 6) is 1.19. The number of nitrogens with zero attached hydrogens (tertiary/aromatic N) is 2. The molecular weight excluding hydrogens is 278 g/mol. The van der Waals surface area contributed by atoms with Crippen molar-refractivity contribution in [1.29, 1.82) is 0 Å². The van der Waals surface area contributed by atoms with Crippen LogP contribution in [-0.2, 0) is 4.74 Å². The lowest BCUT2D eigenvalue weighted by Gasteiger charge is -2.21. The van der Waals surface area contributed by atoms with E-state index in [1.54, 1.807) is 0 Å². The van der Waals surface area contributed by atoms with Gasteiger partial charge in [-0.05, 0) is 21.8 Å². The Morgan fingerprint density at radius 2 is 2.27 bits per heavy atom. The third-order valence-electron chi connectivity index (χ3n) is 2.69. The SMILES string of the molecule is CC(C)C1COCC1Nc1nnc(Br)s1. The van der Waals surface area contributed by atoms with Crippen LogP contribution in [0.4, 0.5) is 5.13 Å². The fraction of sp³-hybridized carbons (Fsp3) is 0.778. The van der Waals surface area contributed by atoms with E-state index in [9.17, 15) is 0 Å². The molecular formula is C9H14BrN3OS. The molecule has 1 fully saturated rings. The highest BCUT2D eigenvalue weighted by Crippen LogP contribution is 2.27. The van der Waals surface area contributed by atoms with Gasteiger partial charge in [0.2, 0.25) is 5.13 Å². The number of nitrogens with one attached hydrogen (secondary N) is 1. The average Bonchev–Trinajstić information content (AvgIpc) is 2.75. The lowest BCUT2D eigenvalue weighted by atomic mass is 9.91. The number of aromatic nitrogens is 2. The zero-order valence-corrected chi connectivity index (χ0v) is 11.1. The second kappa shape index (κ2) is 4.76. The van der Waals surface area contributed by atoms with E-state index < -0.39 is 0 Å². The largest absolute Gasteiger partial charge is 0.379 e. The summed E-state index contributed by atoms with van der Waals surface area (Å²) in [4.78, 5) is 0. The van der Waals surface area contributed by atoms with E-state index in [1.165, 1.54) is 11.3 Å². The smallest absolute Gasteiger partial charge is 0.206 e. The van der Waals surface area contributed by atoms with Gasteiger partial charge in [0.25, 0.3) is 0 Å². The predicted octanol–water partition coefficient (Wildman–Crippen LogP) is 2.38. The second-order valence-electron chi connectivity index (χ2n) is 4.06. The van der Waals surface area contributed by atoms with Crippen LogP contribution in [0, 0.1) is 11.8 Å². The summed E-state index contributed by atoms with van der Waals surface area (Å²) in [5.41, 5.74) is 0. The lowest BCUT2D eigenvalue weighted by Crippen LogP contribution is -2.30. The first kappa shape index (κ1) is 11.3. The minimum atomic E-state index is 0.366. The van der Waals surface area contributed by atoms with Gasteiger partial charge in [-0.25, -0.2) is 0 Å². The fourth-order valence-corrected chi connectivity index (χ4v) is 2.87. The van der Waals surface area contributed by atoms with Crippen LogP contribution in [0.15, 0.2) is 3.92 Å². The first-order valence-electron chi connectivity index (χ1n) is 5.00. The molecule has 1 aromatic heterocycles. The topological polar surface area (TPSA) is 47.0 Å². The number of rotatable bonds is 3. The van der Waals surface area contributed by atoms with Crippen molar-refractivity contribution in [1.82, 2.24) is 10.2 Å². The molecule has 1 N–H and O–H groups in total. The highest BCUT2D eigenvalue weighted by Gasteiger charge is 2.31. The summed E-state index contributed by atoms with van der Waals surface area (Å²) in [7, 11) is 0. The van der Waals surface area contributed by atoms with E-state index in [-0.39, 0.29) is 0 Å². The van der Waals surface area contributed by atoms with Crippen molar-refractivity contribution in [3.63, 3.8) is 0 Å². The minimum Gasteiger partial charge on any atom is -0.379 e. The molecule has 0 saturated carbocycles.